The first kappa shape index (κ1) is 21.4. The van der Waals surface area contributed by atoms with Crippen LogP contribution in [0.2, 0.25) is 0 Å². The highest BCUT2D eigenvalue weighted by Crippen LogP contribution is 2.23. The monoisotopic (exact) mass is 405 g/mol. The summed E-state index contributed by atoms with van der Waals surface area (Å²) < 4.78 is 4.61. The van der Waals surface area contributed by atoms with E-state index in [0.717, 1.165) is 16.9 Å². The highest BCUT2D eigenvalue weighted by molar-refractivity contribution is 7.16. The number of ether oxygens (including phenoxy) is 1. The summed E-state index contributed by atoms with van der Waals surface area (Å²) in [5.74, 6) is -1.31. The summed E-state index contributed by atoms with van der Waals surface area (Å²) in [5, 5.41) is 14.8. The van der Waals surface area contributed by atoms with Crippen LogP contribution in [-0.2, 0) is 22.5 Å². The van der Waals surface area contributed by atoms with Crippen molar-refractivity contribution in [1.29, 1.82) is 0 Å². The standard InChI is InChI=1S/C19H23N3O5S/c1-3-12-8-15(17(24)21-10-11-5-4-6-13(23)7-11)28-16(12)18(25)22-14(9-20)19(26)27-2/h4-8,14,23H,3,9-10,20H2,1-2H3,(H,21,24)(H,22,25). The Morgan fingerprint density at radius 2 is 2.00 bits per heavy atom. The molecule has 5 N–H and O–H groups in total. The van der Waals surface area contributed by atoms with Gasteiger partial charge in [0.15, 0.2) is 0 Å². The molecule has 1 aromatic heterocycles. The predicted octanol–water partition coefficient (Wildman–Crippen LogP) is 1.18. The molecule has 28 heavy (non-hydrogen) atoms. The number of rotatable bonds is 8. The maximum absolute atomic E-state index is 12.5. The molecule has 2 amide bonds. The molecule has 0 aliphatic carbocycles. The van der Waals surface area contributed by atoms with Gasteiger partial charge >= 0.3 is 5.97 Å². The third kappa shape index (κ3) is 5.30. The number of carbonyl (C=O) groups is 3. The number of methoxy groups -OCH3 is 1. The van der Waals surface area contributed by atoms with E-state index in [9.17, 15) is 19.5 Å². The number of hydrogen-bond donors (Lipinski definition) is 4. The van der Waals surface area contributed by atoms with Crippen LogP contribution in [0.4, 0.5) is 0 Å². The van der Waals surface area contributed by atoms with E-state index in [0.29, 0.717) is 21.7 Å². The summed E-state index contributed by atoms with van der Waals surface area (Å²) in [6.07, 6.45) is 0.546. The average molecular weight is 405 g/mol. The molecule has 2 rings (SSSR count). The second-order valence-corrected chi connectivity index (χ2v) is 7.01. The van der Waals surface area contributed by atoms with Gasteiger partial charge in [0.25, 0.3) is 11.8 Å². The van der Waals surface area contributed by atoms with Crippen molar-refractivity contribution < 1.29 is 24.2 Å². The molecule has 150 valence electrons. The number of aromatic hydroxyl groups is 1. The van der Waals surface area contributed by atoms with Crippen molar-refractivity contribution in [2.75, 3.05) is 13.7 Å². The molecule has 9 heteroatoms. The number of amides is 2. The summed E-state index contributed by atoms with van der Waals surface area (Å²) in [7, 11) is 1.22. The summed E-state index contributed by atoms with van der Waals surface area (Å²) >= 11 is 1.04. The largest absolute Gasteiger partial charge is 0.508 e. The fourth-order valence-electron chi connectivity index (χ4n) is 2.51. The molecule has 0 spiro atoms. The van der Waals surface area contributed by atoms with Crippen LogP contribution in [0, 0.1) is 0 Å². The van der Waals surface area contributed by atoms with Crippen molar-refractivity contribution in [1.82, 2.24) is 10.6 Å². The van der Waals surface area contributed by atoms with E-state index >= 15 is 0 Å². The molecule has 1 aromatic carbocycles. The molecule has 0 saturated heterocycles. The van der Waals surface area contributed by atoms with Crippen molar-refractivity contribution in [3.8, 4) is 5.75 Å². The van der Waals surface area contributed by atoms with E-state index in [4.69, 9.17) is 5.73 Å². The van der Waals surface area contributed by atoms with Gasteiger partial charge in [-0.3, -0.25) is 9.59 Å². The van der Waals surface area contributed by atoms with Gasteiger partial charge in [-0.15, -0.1) is 11.3 Å². The maximum Gasteiger partial charge on any atom is 0.329 e. The summed E-state index contributed by atoms with van der Waals surface area (Å²) in [6.45, 7) is 2.02. The molecule has 8 nitrogen and oxygen atoms in total. The van der Waals surface area contributed by atoms with Crippen LogP contribution in [0.1, 0.15) is 37.4 Å². The van der Waals surface area contributed by atoms with E-state index in [2.05, 4.69) is 15.4 Å². The molecule has 1 unspecified atom stereocenters. The predicted molar refractivity (Wildman–Crippen MR) is 105 cm³/mol. The van der Waals surface area contributed by atoms with Crippen molar-refractivity contribution >= 4 is 29.1 Å². The Bertz CT molecular complexity index is 865. The molecule has 1 heterocycles. The van der Waals surface area contributed by atoms with Crippen molar-refractivity contribution in [3.63, 3.8) is 0 Å². The Morgan fingerprint density at radius 3 is 2.61 bits per heavy atom. The molecule has 2 aromatic rings. The number of esters is 1. The summed E-state index contributed by atoms with van der Waals surface area (Å²) in [5.41, 5.74) is 6.96. The number of nitrogens with two attached hydrogens (primary N) is 1. The molecule has 0 aliphatic heterocycles. The molecular formula is C19H23N3O5S. The quantitative estimate of drug-likeness (QED) is 0.488. The zero-order valence-electron chi connectivity index (χ0n) is 15.7. The van der Waals surface area contributed by atoms with Gasteiger partial charge in [0.05, 0.1) is 16.9 Å². The zero-order chi connectivity index (χ0) is 20.7. The fourth-order valence-corrected chi connectivity index (χ4v) is 3.58. The number of thiophene rings is 1. The Hall–Kier alpha value is -2.91. The minimum absolute atomic E-state index is 0.0947. The smallest absolute Gasteiger partial charge is 0.329 e. The Kier molecular flexibility index (Phi) is 7.53. The molecule has 0 bridgehead atoms. The van der Waals surface area contributed by atoms with Gasteiger partial charge in [0.1, 0.15) is 11.8 Å². The molecule has 0 fully saturated rings. The van der Waals surface area contributed by atoms with Crippen LogP contribution in [-0.4, -0.2) is 42.6 Å². The molecule has 1 atom stereocenters. The number of phenols is 1. The zero-order valence-corrected chi connectivity index (χ0v) is 16.5. The number of hydrogen-bond acceptors (Lipinski definition) is 7. The van der Waals surface area contributed by atoms with E-state index < -0.39 is 17.9 Å². The van der Waals surface area contributed by atoms with Gasteiger partial charge in [-0.25, -0.2) is 4.79 Å². The van der Waals surface area contributed by atoms with Gasteiger partial charge in [-0.1, -0.05) is 19.1 Å². The van der Waals surface area contributed by atoms with Gasteiger partial charge in [0.2, 0.25) is 0 Å². The van der Waals surface area contributed by atoms with Gasteiger partial charge < -0.3 is 26.2 Å². The van der Waals surface area contributed by atoms with Crippen molar-refractivity contribution in [3.05, 3.63) is 51.2 Å². The van der Waals surface area contributed by atoms with Gasteiger partial charge in [-0.2, -0.15) is 0 Å². The average Bonchev–Trinajstić information content (AvgIpc) is 3.14. The van der Waals surface area contributed by atoms with E-state index in [1.165, 1.54) is 7.11 Å². The highest BCUT2D eigenvalue weighted by atomic mass is 32.1. The second-order valence-electron chi connectivity index (χ2n) is 5.96. The Morgan fingerprint density at radius 1 is 1.25 bits per heavy atom. The SMILES string of the molecule is CCc1cc(C(=O)NCc2cccc(O)c2)sc1C(=O)NC(CN)C(=O)OC. The normalized spacial score (nSPS) is 11.5. The summed E-state index contributed by atoms with van der Waals surface area (Å²) in [6, 6.07) is 7.29. The van der Waals surface area contributed by atoms with E-state index in [1.807, 2.05) is 6.92 Å². The van der Waals surface area contributed by atoms with E-state index in [1.54, 1.807) is 30.3 Å². The third-order valence-corrected chi connectivity index (χ3v) is 5.19. The molecule has 0 saturated carbocycles. The maximum atomic E-state index is 12.5. The van der Waals surface area contributed by atoms with Crippen molar-refractivity contribution in [2.24, 2.45) is 5.73 Å². The lowest BCUT2D eigenvalue weighted by Crippen LogP contribution is -2.46. The molecule has 0 radical (unpaired) electrons. The minimum atomic E-state index is -0.952. The highest BCUT2D eigenvalue weighted by Gasteiger charge is 2.24. The van der Waals surface area contributed by atoms with Crippen molar-refractivity contribution in [2.45, 2.75) is 25.9 Å². The number of phenolic OH excluding ortho intramolecular Hbond substituents is 1. The minimum Gasteiger partial charge on any atom is -0.508 e. The van der Waals surface area contributed by atoms with Gasteiger partial charge in [-0.05, 0) is 35.7 Å². The van der Waals surface area contributed by atoms with Crippen LogP contribution in [0.25, 0.3) is 0 Å². The van der Waals surface area contributed by atoms with Crippen LogP contribution in [0.5, 0.6) is 5.75 Å². The molecular weight excluding hydrogens is 382 g/mol. The first-order valence-corrected chi connectivity index (χ1v) is 9.48. The number of carbonyl (C=O) groups excluding carboxylic acids is 3. The van der Waals surface area contributed by atoms with E-state index in [-0.39, 0.29) is 24.7 Å². The Labute approximate surface area is 166 Å². The number of benzene rings is 1. The lowest BCUT2D eigenvalue weighted by Gasteiger charge is -2.14. The second kappa shape index (κ2) is 9.86. The number of nitrogens with one attached hydrogen (secondary N) is 2. The lowest BCUT2D eigenvalue weighted by molar-refractivity contribution is -0.142. The van der Waals surface area contributed by atoms with Gasteiger partial charge in [0, 0.05) is 13.1 Å². The molecule has 0 aliphatic rings. The van der Waals surface area contributed by atoms with Crippen LogP contribution >= 0.6 is 11.3 Å². The Balaban J connectivity index is 2.10. The lowest BCUT2D eigenvalue weighted by atomic mass is 10.1. The first-order chi connectivity index (χ1) is 13.4. The third-order valence-electron chi connectivity index (χ3n) is 4.01. The number of aryl methyl sites for hydroxylation is 1. The first-order valence-electron chi connectivity index (χ1n) is 8.67. The fraction of sp³-hybridized carbons (Fsp3) is 0.316. The van der Waals surface area contributed by atoms with Crippen LogP contribution in [0.3, 0.4) is 0 Å². The summed E-state index contributed by atoms with van der Waals surface area (Å²) in [4.78, 5) is 37.4. The van der Waals surface area contributed by atoms with Crippen LogP contribution in [0.15, 0.2) is 30.3 Å². The van der Waals surface area contributed by atoms with Crippen LogP contribution < -0.4 is 16.4 Å². The topological polar surface area (TPSA) is 131 Å².